The van der Waals surface area contributed by atoms with Crippen molar-refractivity contribution in [2.24, 2.45) is 0 Å². The maximum atomic E-state index is 14.3. The summed E-state index contributed by atoms with van der Waals surface area (Å²) in [6.45, 7) is 0.585. The van der Waals surface area contributed by atoms with Crippen molar-refractivity contribution in [1.29, 1.82) is 0 Å². The van der Waals surface area contributed by atoms with Gasteiger partial charge in [0.05, 0.1) is 12.1 Å². The number of halogens is 2. The molecule has 4 aromatic rings. The predicted molar refractivity (Wildman–Crippen MR) is 92.1 cm³/mol. The Morgan fingerprint density at radius 3 is 2.81 bits per heavy atom. The minimum atomic E-state index is -0.584. The zero-order valence-electron chi connectivity index (χ0n) is 14.2. The Balaban J connectivity index is 1.66. The van der Waals surface area contributed by atoms with E-state index in [1.165, 1.54) is 37.6 Å². The molecule has 0 atom stereocenters. The summed E-state index contributed by atoms with van der Waals surface area (Å²) < 4.78 is 42.8. The maximum Gasteiger partial charge on any atom is 0.212 e. The topological polar surface area (TPSA) is 86.1 Å². The lowest BCUT2D eigenvalue weighted by atomic mass is 10.1. The molecule has 0 bridgehead atoms. The van der Waals surface area contributed by atoms with Crippen LogP contribution in [0.3, 0.4) is 0 Å². The van der Waals surface area contributed by atoms with Gasteiger partial charge in [-0.3, -0.25) is 5.10 Å². The molecule has 0 fully saturated rings. The minimum Gasteiger partial charge on any atom is -0.488 e. The van der Waals surface area contributed by atoms with E-state index in [2.05, 4.69) is 20.3 Å². The summed E-state index contributed by atoms with van der Waals surface area (Å²) >= 11 is 0. The third-order valence-electron chi connectivity index (χ3n) is 3.93. The van der Waals surface area contributed by atoms with Crippen molar-refractivity contribution < 1.29 is 22.8 Å². The monoisotopic (exact) mass is 372 g/mol. The molecule has 0 unspecified atom stereocenters. The van der Waals surface area contributed by atoms with Crippen LogP contribution in [0.5, 0.6) is 5.75 Å². The summed E-state index contributed by atoms with van der Waals surface area (Å²) in [5, 5.41) is 11.5. The molecule has 4 rings (SSSR count). The lowest BCUT2D eigenvalue weighted by Crippen LogP contribution is -2.05. The first-order valence-corrected chi connectivity index (χ1v) is 8.04. The van der Waals surface area contributed by atoms with Gasteiger partial charge in [-0.15, -0.1) is 0 Å². The smallest absolute Gasteiger partial charge is 0.212 e. The lowest BCUT2D eigenvalue weighted by Gasteiger charge is -2.06. The number of pyridine rings is 1. The minimum absolute atomic E-state index is 0.102. The van der Waals surface area contributed by atoms with Crippen LogP contribution >= 0.6 is 0 Å². The van der Waals surface area contributed by atoms with Gasteiger partial charge in [-0.2, -0.15) is 9.49 Å². The average Bonchev–Trinajstić information content (AvgIpc) is 3.29. The molecule has 0 spiro atoms. The number of rotatable bonds is 6. The molecule has 9 heteroatoms. The summed E-state index contributed by atoms with van der Waals surface area (Å²) in [6, 6.07) is 7.24. The zero-order valence-corrected chi connectivity index (χ0v) is 14.2. The predicted octanol–water partition coefficient (Wildman–Crippen LogP) is 3.58. The Kier molecular flexibility index (Phi) is 4.51. The summed E-state index contributed by atoms with van der Waals surface area (Å²) in [7, 11) is 1.54. The lowest BCUT2D eigenvalue weighted by molar-refractivity contribution is 0.144. The highest BCUT2D eigenvalue weighted by Gasteiger charge is 2.17. The summed E-state index contributed by atoms with van der Waals surface area (Å²) in [5.74, 6) is -0.665. The average molecular weight is 372 g/mol. The number of benzene rings is 1. The van der Waals surface area contributed by atoms with Crippen molar-refractivity contribution in [3.8, 4) is 28.5 Å². The molecular formula is C18H14F2N4O3. The van der Waals surface area contributed by atoms with Gasteiger partial charge in [-0.25, -0.2) is 9.37 Å². The molecule has 27 heavy (non-hydrogen) atoms. The van der Waals surface area contributed by atoms with Crippen molar-refractivity contribution in [2.75, 3.05) is 20.3 Å². The largest absolute Gasteiger partial charge is 0.488 e. The molecule has 0 aliphatic rings. The number of H-pyrrole nitrogens is 1. The van der Waals surface area contributed by atoms with E-state index in [-0.39, 0.29) is 12.4 Å². The van der Waals surface area contributed by atoms with E-state index in [4.69, 9.17) is 14.0 Å². The van der Waals surface area contributed by atoms with Gasteiger partial charge in [0, 0.05) is 36.4 Å². The van der Waals surface area contributed by atoms with Gasteiger partial charge in [0.1, 0.15) is 18.0 Å². The number of aromatic amines is 1. The molecular weight excluding hydrogens is 358 g/mol. The maximum absolute atomic E-state index is 14.3. The van der Waals surface area contributed by atoms with E-state index in [0.29, 0.717) is 40.2 Å². The third-order valence-corrected chi connectivity index (χ3v) is 3.93. The fraction of sp³-hybridized carbons (Fsp3) is 0.167. The second kappa shape index (κ2) is 7.12. The van der Waals surface area contributed by atoms with Crippen LogP contribution in [0.4, 0.5) is 8.78 Å². The Labute approximate surface area is 151 Å². The first kappa shape index (κ1) is 17.1. The van der Waals surface area contributed by atoms with Gasteiger partial charge in [0.2, 0.25) is 5.95 Å². The molecule has 7 nitrogen and oxygen atoms in total. The second-order valence-electron chi connectivity index (χ2n) is 5.69. The van der Waals surface area contributed by atoms with Crippen LogP contribution < -0.4 is 4.74 Å². The van der Waals surface area contributed by atoms with Crippen LogP contribution in [0, 0.1) is 11.8 Å². The number of methoxy groups -OCH3 is 1. The third kappa shape index (κ3) is 3.36. The molecule has 3 aromatic heterocycles. The van der Waals surface area contributed by atoms with Gasteiger partial charge in [-0.1, -0.05) is 5.16 Å². The summed E-state index contributed by atoms with van der Waals surface area (Å²) in [5.41, 5.74) is 2.04. The fourth-order valence-electron chi connectivity index (χ4n) is 2.60. The van der Waals surface area contributed by atoms with Gasteiger partial charge in [0.25, 0.3) is 0 Å². The highest BCUT2D eigenvalue weighted by atomic mass is 19.1. The van der Waals surface area contributed by atoms with Gasteiger partial charge in [-0.05, 0) is 18.2 Å². The Morgan fingerprint density at radius 2 is 2.04 bits per heavy atom. The SMILES string of the molecule is COCCOc1cc2[nH]nc(-c3cc(-c4ccc(F)nc4)no3)c2cc1F. The molecule has 0 radical (unpaired) electrons. The first-order valence-electron chi connectivity index (χ1n) is 8.04. The van der Waals surface area contributed by atoms with Crippen LogP contribution in [0.2, 0.25) is 0 Å². The summed E-state index contributed by atoms with van der Waals surface area (Å²) in [6.07, 6.45) is 1.35. The Bertz CT molecular complexity index is 1080. The standard InChI is InChI=1S/C18H14F2N4O3/c1-25-4-5-26-15-8-14-11(6-12(15)19)18(23-22-14)16-7-13(24-27-16)10-2-3-17(20)21-9-10/h2-3,6-9H,4-5H2,1H3,(H,22,23). The van der Waals surface area contributed by atoms with Gasteiger partial charge in [0.15, 0.2) is 17.3 Å². The van der Waals surface area contributed by atoms with Crippen molar-refractivity contribution in [3.63, 3.8) is 0 Å². The van der Waals surface area contributed by atoms with E-state index >= 15 is 0 Å². The highest BCUT2D eigenvalue weighted by molar-refractivity contribution is 5.92. The first-order chi connectivity index (χ1) is 13.2. The number of aromatic nitrogens is 4. The van der Waals surface area contributed by atoms with E-state index in [1.807, 2.05) is 0 Å². The molecule has 0 aliphatic carbocycles. The molecule has 1 N–H and O–H groups in total. The Morgan fingerprint density at radius 1 is 1.15 bits per heavy atom. The molecule has 0 saturated carbocycles. The molecule has 0 aliphatic heterocycles. The fourth-order valence-corrected chi connectivity index (χ4v) is 2.60. The normalized spacial score (nSPS) is 11.2. The molecule has 0 amide bonds. The number of nitrogens with zero attached hydrogens (tertiary/aromatic N) is 3. The van der Waals surface area contributed by atoms with E-state index in [1.54, 1.807) is 6.07 Å². The second-order valence-corrected chi connectivity index (χ2v) is 5.69. The van der Waals surface area contributed by atoms with Crippen LogP contribution in [-0.2, 0) is 4.74 Å². The van der Waals surface area contributed by atoms with Crippen molar-refractivity contribution in [3.05, 3.63) is 48.3 Å². The Hall–Kier alpha value is -3.33. The van der Waals surface area contributed by atoms with Crippen LogP contribution in [0.1, 0.15) is 0 Å². The van der Waals surface area contributed by atoms with Gasteiger partial charge >= 0.3 is 0 Å². The number of hydrogen-bond acceptors (Lipinski definition) is 6. The summed E-state index contributed by atoms with van der Waals surface area (Å²) in [4.78, 5) is 3.59. The quantitative estimate of drug-likeness (QED) is 0.411. The highest BCUT2D eigenvalue weighted by Crippen LogP contribution is 2.32. The van der Waals surface area contributed by atoms with Crippen molar-refractivity contribution >= 4 is 10.9 Å². The zero-order chi connectivity index (χ0) is 18.8. The van der Waals surface area contributed by atoms with Crippen molar-refractivity contribution in [2.45, 2.75) is 0 Å². The van der Waals surface area contributed by atoms with E-state index in [9.17, 15) is 8.78 Å². The number of ether oxygens (including phenoxy) is 2. The number of nitrogens with one attached hydrogen (secondary N) is 1. The molecule has 3 heterocycles. The van der Waals surface area contributed by atoms with Crippen LogP contribution in [0.25, 0.3) is 33.6 Å². The van der Waals surface area contributed by atoms with Crippen LogP contribution in [-0.4, -0.2) is 40.7 Å². The van der Waals surface area contributed by atoms with Gasteiger partial charge < -0.3 is 14.0 Å². The molecule has 138 valence electrons. The molecule has 0 saturated heterocycles. The van der Waals surface area contributed by atoms with E-state index in [0.717, 1.165) is 0 Å². The number of fused-ring (bicyclic) bond motifs is 1. The van der Waals surface area contributed by atoms with Crippen LogP contribution in [0.15, 0.2) is 41.1 Å². The van der Waals surface area contributed by atoms with E-state index < -0.39 is 11.8 Å². The molecule has 1 aromatic carbocycles. The number of hydrogen-bond donors (Lipinski definition) is 1. The van der Waals surface area contributed by atoms with Crippen molar-refractivity contribution in [1.82, 2.24) is 20.3 Å².